The molecular weight excluding hydrogens is 224 g/mol. The van der Waals surface area contributed by atoms with Crippen LogP contribution in [0.3, 0.4) is 0 Å². The summed E-state index contributed by atoms with van der Waals surface area (Å²) in [6.07, 6.45) is 5.73. The monoisotopic (exact) mass is 250 g/mol. The summed E-state index contributed by atoms with van der Waals surface area (Å²) in [6.45, 7) is 7.88. The van der Waals surface area contributed by atoms with Gasteiger partial charge in [0.2, 0.25) is 5.91 Å². The first-order valence-corrected chi connectivity index (χ1v) is 7.34. The Morgan fingerprint density at radius 1 is 1.28 bits per heavy atom. The normalized spacial score (nSPS) is 17.7. The number of nitriles is 1. The second-order valence-corrected chi connectivity index (χ2v) is 5.43. The van der Waals surface area contributed by atoms with Gasteiger partial charge in [-0.3, -0.25) is 4.79 Å². The van der Waals surface area contributed by atoms with Gasteiger partial charge in [-0.2, -0.15) is 5.26 Å². The van der Waals surface area contributed by atoms with Crippen LogP contribution in [0.4, 0.5) is 0 Å². The van der Waals surface area contributed by atoms with Crippen molar-refractivity contribution in [3.8, 4) is 6.07 Å². The summed E-state index contributed by atoms with van der Waals surface area (Å²) in [5, 5.41) is 9.38. The fourth-order valence-electron chi connectivity index (χ4n) is 2.87. The van der Waals surface area contributed by atoms with Crippen molar-refractivity contribution in [1.29, 1.82) is 5.26 Å². The first-order chi connectivity index (χ1) is 8.63. The Hall–Kier alpha value is -1.04. The lowest BCUT2D eigenvalue weighted by atomic mass is 9.86. The van der Waals surface area contributed by atoms with E-state index in [2.05, 4.69) is 19.9 Å². The van der Waals surface area contributed by atoms with Crippen LogP contribution < -0.4 is 0 Å². The zero-order valence-electron chi connectivity index (χ0n) is 12.0. The van der Waals surface area contributed by atoms with Gasteiger partial charge in [0.15, 0.2) is 0 Å². The highest BCUT2D eigenvalue weighted by Gasteiger charge is 2.43. The van der Waals surface area contributed by atoms with Crippen molar-refractivity contribution in [3.63, 3.8) is 0 Å². The SMILES string of the molecule is CCC(CC)CN(CC)C(=O)C1(C#N)CCCC1. The molecule has 1 aliphatic rings. The zero-order chi connectivity index (χ0) is 13.6. The van der Waals surface area contributed by atoms with E-state index in [4.69, 9.17) is 0 Å². The Labute approximate surface area is 111 Å². The van der Waals surface area contributed by atoms with E-state index < -0.39 is 5.41 Å². The van der Waals surface area contributed by atoms with Gasteiger partial charge in [-0.1, -0.05) is 39.5 Å². The van der Waals surface area contributed by atoms with Crippen LogP contribution in [0.5, 0.6) is 0 Å². The molecule has 0 saturated heterocycles. The molecule has 0 unspecified atom stereocenters. The summed E-state index contributed by atoms with van der Waals surface area (Å²) < 4.78 is 0. The minimum atomic E-state index is -0.706. The maximum atomic E-state index is 12.6. The fraction of sp³-hybridized carbons (Fsp3) is 0.867. The lowest BCUT2D eigenvalue weighted by Gasteiger charge is -2.31. The van der Waals surface area contributed by atoms with Crippen molar-refractivity contribution in [1.82, 2.24) is 4.90 Å². The van der Waals surface area contributed by atoms with Gasteiger partial charge in [-0.25, -0.2) is 0 Å². The number of hydrogen-bond donors (Lipinski definition) is 0. The van der Waals surface area contributed by atoms with Gasteiger partial charge in [0, 0.05) is 13.1 Å². The molecule has 0 radical (unpaired) electrons. The third kappa shape index (κ3) is 3.04. The lowest BCUT2D eigenvalue weighted by molar-refractivity contribution is -0.139. The van der Waals surface area contributed by atoms with E-state index in [1.54, 1.807) is 0 Å². The first-order valence-electron chi connectivity index (χ1n) is 7.34. The molecule has 0 atom stereocenters. The summed E-state index contributed by atoms with van der Waals surface area (Å²) in [5.41, 5.74) is -0.706. The third-order valence-corrected chi connectivity index (χ3v) is 4.38. The van der Waals surface area contributed by atoms with Crippen molar-refractivity contribution in [2.75, 3.05) is 13.1 Å². The molecule has 1 amide bonds. The smallest absolute Gasteiger partial charge is 0.243 e. The maximum absolute atomic E-state index is 12.6. The Morgan fingerprint density at radius 3 is 2.22 bits per heavy atom. The molecule has 3 heteroatoms. The van der Waals surface area contributed by atoms with Crippen LogP contribution in [0.1, 0.15) is 59.3 Å². The molecule has 0 aromatic rings. The number of nitrogens with zero attached hydrogens (tertiary/aromatic N) is 2. The van der Waals surface area contributed by atoms with E-state index in [1.165, 1.54) is 0 Å². The van der Waals surface area contributed by atoms with E-state index in [0.29, 0.717) is 5.92 Å². The fourth-order valence-corrected chi connectivity index (χ4v) is 2.87. The molecule has 0 N–H and O–H groups in total. The maximum Gasteiger partial charge on any atom is 0.243 e. The van der Waals surface area contributed by atoms with Gasteiger partial charge in [-0.05, 0) is 25.7 Å². The minimum absolute atomic E-state index is 0.0805. The van der Waals surface area contributed by atoms with Crippen LogP contribution in [-0.2, 0) is 4.79 Å². The molecule has 1 saturated carbocycles. The second-order valence-electron chi connectivity index (χ2n) is 5.43. The molecule has 1 rings (SSSR count). The van der Waals surface area contributed by atoms with E-state index in [9.17, 15) is 10.1 Å². The third-order valence-electron chi connectivity index (χ3n) is 4.38. The Kier molecular flexibility index (Phi) is 5.65. The highest BCUT2D eigenvalue weighted by atomic mass is 16.2. The van der Waals surface area contributed by atoms with Gasteiger partial charge in [0.1, 0.15) is 5.41 Å². The molecule has 0 aromatic carbocycles. The molecule has 3 nitrogen and oxygen atoms in total. The van der Waals surface area contributed by atoms with Crippen molar-refractivity contribution in [3.05, 3.63) is 0 Å². The molecule has 18 heavy (non-hydrogen) atoms. The van der Waals surface area contributed by atoms with Gasteiger partial charge in [0.05, 0.1) is 6.07 Å². The minimum Gasteiger partial charge on any atom is -0.341 e. The molecule has 0 bridgehead atoms. The van der Waals surface area contributed by atoms with Crippen LogP contribution in [0, 0.1) is 22.7 Å². The topological polar surface area (TPSA) is 44.1 Å². The number of carbonyl (C=O) groups excluding carboxylic acids is 1. The van der Waals surface area contributed by atoms with Gasteiger partial charge in [0.25, 0.3) is 0 Å². The number of rotatable bonds is 6. The largest absolute Gasteiger partial charge is 0.341 e. The number of hydrogen-bond acceptors (Lipinski definition) is 2. The standard InChI is InChI=1S/C15H26N2O/c1-4-13(5-2)11-17(6-3)14(18)15(12-16)9-7-8-10-15/h13H,4-11H2,1-3H3. The molecule has 1 aliphatic carbocycles. The van der Waals surface area contributed by atoms with Crippen LogP contribution in [-0.4, -0.2) is 23.9 Å². The van der Waals surface area contributed by atoms with Crippen LogP contribution in [0.15, 0.2) is 0 Å². The highest BCUT2D eigenvalue weighted by Crippen LogP contribution is 2.39. The van der Waals surface area contributed by atoms with Gasteiger partial charge < -0.3 is 4.90 Å². The first kappa shape index (κ1) is 15.0. The molecule has 0 aromatic heterocycles. The Bertz CT molecular complexity index is 309. The molecule has 1 fully saturated rings. The van der Waals surface area contributed by atoms with Crippen molar-refractivity contribution in [2.45, 2.75) is 59.3 Å². The summed E-state index contributed by atoms with van der Waals surface area (Å²) >= 11 is 0. The second kappa shape index (κ2) is 6.78. The van der Waals surface area contributed by atoms with E-state index in [-0.39, 0.29) is 5.91 Å². The molecule has 0 spiro atoms. The molecular formula is C15H26N2O. The summed E-state index contributed by atoms with van der Waals surface area (Å²) in [7, 11) is 0. The van der Waals surface area contributed by atoms with Crippen LogP contribution in [0.2, 0.25) is 0 Å². The highest BCUT2D eigenvalue weighted by molar-refractivity contribution is 5.85. The number of amides is 1. The van der Waals surface area contributed by atoms with E-state index in [0.717, 1.165) is 51.6 Å². The quantitative estimate of drug-likeness (QED) is 0.725. The van der Waals surface area contributed by atoms with E-state index >= 15 is 0 Å². The molecule has 102 valence electrons. The van der Waals surface area contributed by atoms with Gasteiger partial charge in [-0.15, -0.1) is 0 Å². The summed E-state index contributed by atoms with van der Waals surface area (Å²) in [4.78, 5) is 14.5. The summed E-state index contributed by atoms with van der Waals surface area (Å²) in [5.74, 6) is 0.642. The molecule has 0 heterocycles. The van der Waals surface area contributed by atoms with E-state index in [1.807, 2.05) is 11.8 Å². The van der Waals surface area contributed by atoms with Gasteiger partial charge >= 0.3 is 0 Å². The predicted molar refractivity (Wildman–Crippen MR) is 72.8 cm³/mol. The lowest BCUT2D eigenvalue weighted by Crippen LogP contribution is -2.44. The van der Waals surface area contributed by atoms with Crippen molar-refractivity contribution >= 4 is 5.91 Å². The summed E-state index contributed by atoms with van der Waals surface area (Å²) in [6, 6.07) is 2.31. The van der Waals surface area contributed by atoms with Crippen molar-refractivity contribution < 1.29 is 4.79 Å². The number of carbonyl (C=O) groups is 1. The predicted octanol–water partition coefficient (Wildman–Crippen LogP) is 3.36. The molecule has 0 aliphatic heterocycles. The van der Waals surface area contributed by atoms with Crippen molar-refractivity contribution in [2.24, 2.45) is 11.3 Å². The van der Waals surface area contributed by atoms with Crippen LogP contribution >= 0.6 is 0 Å². The Morgan fingerprint density at radius 2 is 1.83 bits per heavy atom. The van der Waals surface area contributed by atoms with Crippen LogP contribution in [0.25, 0.3) is 0 Å². The Balaban J connectivity index is 2.75. The average Bonchev–Trinajstić information content (AvgIpc) is 2.89. The average molecular weight is 250 g/mol. The zero-order valence-corrected chi connectivity index (χ0v) is 12.0.